The van der Waals surface area contributed by atoms with E-state index < -0.39 is 11.6 Å². The predicted molar refractivity (Wildman–Crippen MR) is 160 cm³/mol. The van der Waals surface area contributed by atoms with Crippen LogP contribution in [0.5, 0.6) is 5.75 Å². The Balaban J connectivity index is 1.77. The van der Waals surface area contributed by atoms with Crippen molar-refractivity contribution in [3.63, 3.8) is 0 Å². The van der Waals surface area contributed by atoms with E-state index in [1.165, 1.54) is 11.3 Å². The molecule has 0 N–H and O–H groups in total. The molecule has 0 aliphatic carbocycles. The number of carbonyl (C=O) groups excluding carboxylic acids is 1. The number of rotatable bonds is 9. The van der Waals surface area contributed by atoms with E-state index >= 15 is 0 Å². The van der Waals surface area contributed by atoms with E-state index in [9.17, 15) is 4.79 Å². The first-order valence-electron chi connectivity index (χ1n) is 14.7. The van der Waals surface area contributed by atoms with Crippen LogP contribution >= 0.6 is 0 Å². The molecule has 0 amide bonds. The minimum absolute atomic E-state index is 0.0575. The maximum Gasteiger partial charge on any atom is 0.360 e. The zero-order chi connectivity index (χ0) is 28.7. The molecule has 0 radical (unpaired) electrons. The Bertz CT molecular complexity index is 1400. The fourth-order valence-corrected chi connectivity index (χ4v) is 6.73. The third-order valence-corrected chi connectivity index (χ3v) is 8.48. The molecule has 7 heteroatoms. The first-order chi connectivity index (χ1) is 19.2. The highest BCUT2D eigenvalue weighted by Crippen LogP contribution is 2.52. The van der Waals surface area contributed by atoms with Gasteiger partial charge >= 0.3 is 5.97 Å². The molecule has 1 aromatic heterocycles. The van der Waals surface area contributed by atoms with E-state index in [0.717, 1.165) is 49.3 Å². The molecular weight excluding hydrogens is 500 g/mol. The normalized spacial score (nSPS) is 21.0. The van der Waals surface area contributed by atoms with E-state index in [1.807, 2.05) is 13.0 Å². The summed E-state index contributed by atoms with van der Waals surface area (Å²) in [6.45, 7) is 18.6. The second-order valence-electron chi connectivity index (χ2n) is 11.5. The number of hydrogen-bond donors (Lipinski definition) is 0. The number of benzene rings is 2. The number of esters is 1. The Morgan fingerprint density at radius 3 is 2.50 bits per heavy atom. The van der Waals surface area contributed by atoms with E-state index in [4.69, 9.17) is 14.5 Å². The topological polar surface area (TPSA) is 67.8 Å². The highest BCUT2D eigenvalue weighted by molar-refractivity contribution is 5.94. The van der Waals surface area contributed by atoms with Gasteiger partial charge in [0, 0.05) is 66.1 Å². The van der Waals surface area contributed by atoms with Gasteiger partial charge in [-0.05, 0) is 83.2 Å². The van der Waals surface area contributed by atoms with Crippen molar-refractivity contribution in [3.05, 3.63) is 76.9 Å². The van der Waals surface area contributed by atoms with Crippen molar-refractivity contribution in [1.82, 2.24) is 9.97 Å². The molecule has 2 aromatic carbocycles. The number of cyclic esters (lactones) is 1. The Hall–Kier alpha value is -3.61. The van der Waals surface area contributed by atoms with Crippen molar-refractivity contribution in [2.45, 2.75) is 78.4 Å². The lowest BCUT2D eigenvalue weighted by Gasteiger charge is -2.48. The fourth-order valence-electron chi connectivity index (χ4n) is 6.73. The van der Waals surface area contributed by atoms with E-state index in [2.05, 4.69) is 86.7 Å². The Morgan fingerprint density at radius 1 is 1.05 bits per heavy atom. The number of fused-ring (bicyclic) bond motifs is 2. The Labute approximate surface area is 238 Å². The van der Waals surface area contributed by atoms with Crippen LogP contribution in [0.25, 0.3) is 0 Å². The minimum atomic E-state index is -1.27. The van der Waals surface area contributed by atoms with Crippen molar-refractivity contribution in [2.75, 3.05) is 36.0 Å². The van der Waals surface area contributed by atoms with Crippen LogP contribution in [0, 0.1) is 0 Å². The van der Waals surface area contributed by atoms with Crippen LogP contribution in [0.2, 0.25) is 0 Å². The fraction of sp³-hybridized carbons (Fsp3) is 0.485. The van der Waals surface area contributed by atoms with Crippen LogP contribution in [0.3, 0.4) is 0 Å². The quantitative estimate of drug-likeness (QED) is 0.279. The lowest BCUT2D eigenvalue weighted by atomic mass is 9.76. The predicted octanol–water partition coefficient (Wildman–Crippen LogP) is 6.69. The standard InChI is InChI=1S/C33H42N4O3/c1-8-18-37-27-15-12-23(19-25(27)22(5)21-32(37,6)7)33(30-29(31(38)40-33)34-16-17-35-30)26-14-13-24(36(9-2)10-3)20-28(26)39-11-4/h12-17,19-20,22H,8-11,18,21H2,1-7H3. The van der Waals surface area contributed by atoms with Gasteiger partial charge in [-0.3, -0.25) is 4.98 Å². The Kier molecular flexibility index (Phi) is 7.51. The zero-order valence-corrected chi connectivity index (χ0v) is 25.0. The molecule has 0 bridgehead atoms. The molecule has 0 saturated carbocycles. The highest BCUT2D eigenvalue weighted by Gasteiger charge is 2.53. The third kappa shape index (κ3) is 4.40. The smallest absolute Gasteiger partial charge is 0.360 e. The summed E-state index contributed by atoms with van der Waals surface area (Å²) in [5.74, 6) is 0.542. The summed E-state index contributed by atoms with van der Waals surface area (Å²) in [7, 11) is 0. The first-order valence-corrected chi connectivity index (χ1v) is 14.7. The molecule has 212 valence electrons. The van der Waals surface area contributed by atoms with E-state index in [1.54, 1.807) is 12.4 Å². The van der Waals surface area contributed by atoms with Gasteiger partial charge < -0.3 is 19.3 Å². The molecule has 40 heavy (non-hydrogen) atoms. The molecule has 7 nitrogen and oxygen atoms in total. The van der Waals surface area contributed by atoms with Gasteiger partial charge in [0.2, 0.25) is 5.60 Å². The van der Waals surface area contributed by atoms with Crippen LogP contribution in [0.4, 0.5) is 11.4 Å². The van der Waals surface area contributed by atoms with Gasteiger partial charge in [0.15, 0.2) is 5.69 Å². The molecule has 5 rings (SSSR count). The van der Waals surface area contributed by atoms with E-state index in [0.29, 0.717) is 24.0 Å². The molecule has 3 heterocycles. The number of anilines is 2. The van der Waals surface area contributed by atoms with Gasteiger partial charge in [0.25, 0.3) is 0 Å². The van der Waals surface area contributed by atoms with Crippen molar-refractivity contribution in [3.8, 4) is 5.75 Å². The Morgan fingerprint density at radius 2 is 1.80 bits per heavy atom. The minimum Gasteiger partial charge on any atom is -0.493 e. The average Bonchev–Trinajstić information content (AvgIpc) is 3.24. The lowest BCUT2D eigenvalue weighted by molar-refractivity contribution is 0.0233. The monoisotopic (exact) mass is 542 g/mol. The first kappa shape index (κ1) is 27.9. The second kappa shape index (κ2) is 10.8. The summed E-state index contributed by atoms with van der Waals surface area (Å²) >= 11 is 0. The molecule has 0 fully saturated rings. The zero-order valence-electron chi connectivity index (χ0n) is 25.0. The van der Waals surface area contributed by atoms with Crippen LogP contribution in [-0.4, -0.2) is 47.7 Å². The van der Waals surface area contributed by atoms with Crippen LogP contribution in [-0.2, 0) is 10.3 Å². The second-order valence-corrected chi connectivity index (χ2v) is 11.5. The summed E-state index contributed by atoms with van der Waals surface area (Å²) in [6.07, 6.45) is 5.28. The average molecular weight is 543 g/mol. The molecule has 0 spiro atoms. The summed E-state index contributed by atoms with van der Waals surface area (Å²) in [5.41, 5.74) is 4.72. The number of nitrogens with zero attached hydrogens (tertiary/aromatic N) is 4. The van der Waals surface area contributed by atoms with Gasteiger partial charge in [0.05, 0.1) is 6.61 Å². The number of aromatic nitrogens is 2. The van der Waals surface area contributed by atoms with Gasteiger partial charge in [-0.1, -0.05) is 19.9 Å². The number of ether oxygens (including phenoxy) is 2. The molecule has 2 aliphatic rings. The van der Waals surface area contributed by atoms with Gasteiger partial charge in [-0.25, -0.2) is 9.78 Å². The number of carbonyl (C=O) groups is 1. The van der Waals surface area contributed by atoms with Gasteiger partial charge in [-0.15, -0.1) is 0 Å². The number of hydrogen-bond acceptors (Lipinski definition) is 7. The maximum atomic E-state index is 13.4. The van der Waals surface area contributed by atoms with Crippen molar-refractivity contribution in [2.24, 2.45) is 0 Å². The molecule has 0 saturated heterocycles. The summed E-state index contributed by atoms with van der Waals surface area (Å²) in [4.78, 5) is 27.3. The summed E-state index contributed by atoms with van der Waals surface area (Å²) < 4.78 is 12.7. The largest absolute Gasteiger partial charge is 0.493 e. The van der Waals surface area contributed by atoms with Crippen molar-refractivity contribution < 1.29 is 14.3 Å². The highest BCUT2D eigenvalue weighted by atomic mass is 16.6. The third-order valence-electron chi connectivity index (χ3n) is 8.48. The SMILES string of the molecule is CCCN1c2ccc(C3(c4ccc(N(CC)CC)cc4OCC)OC(=O)c4nccnc43)cc2C(C)CC1(C)C. The van der Waals surface area contributed by atoms with Crippen LogP contribution < -0.4 is 14.5 Å². The maximum absolute atomic E-state index is 13.4. The molecule has 2 atom stereocenters. The van der Waals surface area contributed by atoms with Crippen molar-refractivity contribution in [1.29, 1.82) is 0 Å². The summed E-state index contributed by atoms with van der Waals surface area (Å²) in [5, 5.41) is 0. The van der Waals surface area contributed by atoms with Crippen LogP contribution in [0.15, 0.2) is 48.8 Å². The van der Waals surface area contributed by atoms with Crippen LogP contribution in [0.1, 0.15) is 100 Å². The van der Waals surface area contributed by atoms with E-state index in [-0.39, 0.29) is 11.2 Å². The molecule has 2 aliphatic heterocycles. The van der Waals surface area contributed by atoms with Gasteiger partial charge in [-0.2, -0.15) is 0 Å². The lowest BCUT2D eigenvalue weighted by Crippen LogP contribution is -2.48. The molecular formula is C33H42N4O3. The summed E-state index contributed by atoms with van der Waals surface area (Å²) in [6, 6.07) is 12.7. The van der Waals surface area contributed by atoms with Gasteiger partial charge in [0.1, 0.15) is 11.4 Å². The van der Waals surface area contributed by atoms with Crippen molar-refractivity contribution >= 4 is 17.3 Å². The molecule has 2 unspecified atom stereocenters. The molecule has 3 aromatic rings.